The quantitative estimate of drug-likeness (QED) is 0.260. The number of carbonyl (C=O) groups is 3. The van der Waals surface area contributed by atoms with Crippen molar-refractivity contribution in [3.05, 3.63) is 120 Å². The van der Waals surface area contributed by atoms with Crippen LogP contribution in [-0.4, -0.2) is 47.5 Å². The highest BCUT2D eigenvalue weighted by atomic mass is 16.5. The van der Waals surface area contributed by atoms with E-state index in [0.29, 0.717) is 25.8 Å². The van der Waals surface area contributed by atoms with Crippen LogP contribution in [0.15, 0.2) is 103 Å². The van der Waals surface area contributed by atoms with E-state index in [-0.39, 0.29) is 49.8 Å². The highest BCUT2D eigenvalue weighted by Gasteiger charge is 2.28. The zero-order valence-electron chi connectivity index (χ0n) is 24.6. The van der Waals surface area contributed by atoms with E-state index in [1.54, 1.807) is 4.90 Å². The van der Waals surface area contributed by atoms with E-state index in [1.807, 2.05) is 103 Å². The summed E-state index contributed by atoms with van der Waals surface area (Å²) in [5.41, 5.74) is 2.84. The number of hydrogen-bond acceptors (Lipinski definition) is 5. The molecule has 2 amide bonds. The highest BCUT2D eigenvalue weighted by molar-refractivity contribution is 5.86. The molecule has 0 bridgehead atoms. The van der Waals surface area contributed by atoms with E-state index >= 15 is 0 Å². The van der Waals surface area contributed by atoms with Crippen molar-refractivity contribution in [2.75, 3.05) is 19.7 Å². The second-order valence-corrected chi connectivity index (χ2v) is 11.0. The number of benzene rings is 3. The number of esters is 1. The third-order valence-corrected chi connectivity index (χ3v) is 7.79. The summed E-state index contributed by atoms with van der Waals surface area (Å²) in [7, 11) is 0. The van der Waals surface area contributed by atoms with Crippen molar-refractivity contribution in [3.63, 3.8) is 0 Å². The Morgan fingerprint density at radius 3 is 2.19 bits per heavy atom. The maximum atomic E-state index is 13.5. The Bertz CT molecular complexity index is 1310. The number of aliphatic hydroxyl groups excluding tert-OH is 1. The molecule has 1 aliphatic heterocycles. The molecule has 7 nitrogen and oxygen atoms in total. The molecule has 4 rings (SSSR count). The van der Waals surface area contributed by atoms with Crippen molar-refractivity contribution in [2.24, 2.45) is 11.8 Å². The number of cyclic esters (lactones) is 1. The third kappa shape index (κ3) is 10.2. The summed E-state index contributed by atoms with van der Waals surface area (Å²) in [6.45, 7) is 0.491. The van der Waals surface area contributed by atoms with Crippen LogP contribution >= 0.6 is 0 Å². The Morgan fingerprint density at radius 2 is 1.51 bits per heavy atom. The largest absolute Gasteiger partial charge is 0.455 e. The average Bonchev–Trinajstić information content (AvgIpc) is 3.04. The number of allylic oxidation sites excluding steroid dienone is 2. The molecule has 2 N–H and O–H groups in total. The monoisotopic (exact) mass is 582 g/mol. The number of nitrogens with zero attached hydrogens (tertiary/aromatic N) is 1. The fourth-order valence-corrected chi connectivity index (χ4v) is 5.37. The van der Waals surface area contributed by atoms with Crippen molar-refractivity contribution < 1.29 is 24.2 Å². The van der Waals surface area contributed by atoms with Crippen LogP contribution in [0.25, 0.3) is 0 Å². The van der Waals surface area contributed by atoms with Crippen LogP contribution in [0.4, 0.5) is 0 Å². The Hall–Kier alpha value is -4.23. The number of rotatable bonds is 9. The number of ether oxygens (including phenoxy) is 1. The SMILES string of the molecule is O=C1NCC(c2ccccc2)OC(=O)C(Cc2ccccc2)CCCC=CCC1CC(=O)N(CCO)Cc1ccccc1. The van der Waals surface area contributed by atoms with Gasteiger partial charge in [-0.15, -0.1) is 0 Å². The molecule has 226 valence electrons. The first-order chi connectivity index (χ1) is 21.0. The molecule has 7 heteroatoms. The Kier molecular flexibility index (Phi) is 12.5. The standard InChI is InChI=1S/C36H42N2O5/c39-23-22-38(27-29-16-8-4-9-17-29)34(40)25-31-20-10-1-2-11-21-32(24-28-14-6-3-7-15-28)36(42)43-33(26-37-35(31)41)30-18-12-5-13-19-30/h1,3-10,12-19,31-33,39H,2,11,20-27H2,(H,37,41). The summed E-state index contributed by atoms with van der Waals surface area (Å²) >= 11 is 0. The van der Waals surface area contributed by atoms with E-state index in [4.69, 9.17) is 4.74 Å². The molecule has 3 unspecified atom stereocenters. The molecule has 0 saturated carbocycles. The molecule has 0 aliphatic carbocycles. The summed E-state index contributed by atoms with van der Waals surface area (Å²) in [6.07, 6.45) is 6.61. The molecular formula is C36H42N2O5. The van der Waals surface area contributed by atoms with Crippen LogP contribution in [0.1, 0.15) is 54.9 Å². The van der Waals surface area contributed by atoms with Crippen molar-refractivity contribution in [1.29, 1.82) is 0 Å². The first kappa shape index (κ1) is 31.7. The molecule has 0 radical (unpaired) electrons. The predicted molar refractivity (Wildman–Crippen MR) is 167 cm³/mol. The van der Waals surface area contributed by atoms with Gasteiger partial charge >= 0.3 is 5.97 Å². The molecule has 1 aliphatic rings. The molecule has 3 aromatic rings. The molecule has 43 heavy (non-hydrogen) atoms. The first-order valence-corrected chi connectivity index (χ1v) is 15.2. The lowest BCUT2D eigenvalue weighted by Gasteiger charge is -2.26. The van der Waals surface area contributed by atoms with E-state index < -0.39 is 12.0 Å². The molecule has 0 aromatic heterocycles. The van der Waals surface area contributed by atoms with Crippen LogP contribution in [0.3, 0.4) is 0 Å². The number of nitrogens with one attached hydrogen (secondary N) is 1. The summed E-state index contributed by atoms with van der Waals surface area (Å²) in [6, 6.07) is 29.0. The van der Waals surface area contributed by atoms with E-state index in [9.17, 15) is 19.5 Å². The average molecular weight is 583 g/mol. The van der Waals surface area contributed by atoms with Gasteiger partial charge in [0.25, 0.3) is 0 Å². The molecule has 0 fully saturated rings. The second kappa shape index (κ2) is 17.0. The zero-order chi connectivity index (χ0) is 30.3. The van der Waals surface area contributed by atoms with Gasteiger partial charge in [0.15, 0.2) is 0 Å². The summed E-state index contributed by atoms with van der Waals surface area (Å²) in [4.78, 5) is 42.0. The summed E-state index contributed by atoms with van der Waals surface area (Å²) in [5, 5.41) is 12.6. The molecule has 1 heterocycles. The topological polar surface area (TPSA) is 95.9 Å². The zero-order valence-corrected chi connectivity index (χ0v) is 24.6. The van der Waals surface area contributed by atoms with Crippen molar-refractivity contribution >= 4 is 17.8 Å². The molecule has 0 saturated heterocycles. The summed E-state index contributed by atoms with van der Waals surface area (Å²) < 4.78 is 6.09. The number of hydrogen-bond donors (Lipinski definition) is 2. The second-order valence-electron chi connectivity index (χ2n) is 11.0. The molecular weight excluding hydrogens is 540 g/mol. The van der Waals surface area contributed by atoms with E-state index in [1.165, 1.54) is 0 Å². The molecule has 3 aromatic carbocycles. The van der Waals surface area contributed by atoms with Crippen molar-refractivity contribution in [2.45, 2.75) is 51.2 Å². The maximum Gasteiger partial charge on any atom is 0.309 e. The lowest BCUT2D eigenvalue weighted by atomic mass is 9.93. The van der Waals surface area contributed by atoms with Gasteiger partial charge in [-0.1, -0.05) is 103 Å². The number of amides is 2. The lowest BCUT2D eigenvalue weighted by molar-refractivity contribution is -0.155. The first-order valence-electron chi connectivity index (χ1n) is 15.2. The van der Waals surface area contributed by atoms with Gasteiger partial charge in [0, 0.05) is 19.5 Å². The predicted octanol–water partition coefficient (Wildman–Crippen LogP) is 5.40. The Morgan fingerprint density at radius 1 is 0.860 bits per heavy atom. The van der Waals surface area contributed by atoms with Gasteiger partial charge in [0.2, 0.25) is 11.8 Å². The minimum absolute atomic E-state index is 0.0119. The van der Waals surface area contributed by atoms with Crippen LogP contribution in [0, 0.1) is 11.8 Å². The molecule has 3 atom stereocenters. The van der Waals surface area contributed by atoms with Gasteiger partial charge < -0.3 is 20.1 Å². The molecule has 0 spiro atoms. The van der Waals surface area contributed by atoms with Crippen molar-refractivity contribution in [1.82, 2.24) is 10.2 Å². The number of carbonyl (C=O) groups excluding carboxylic acids is 3. The third-order valence-electron chi connectivity index (χ3n) is 7.79. The van der Waals surface area contributed by atoms with Gasteiger partial charge in [0.05, 0.1) is 25.0 Å². The van der Waals surface area contributed by atoms with Gasteiger partial charge in [-0.25, -0.2) is 0 Å². The van der Waals surface area contributed by atoms with Crippen LogP contribution in [-0.2, 0) is 32.1 Å². The normalized spacial score (nSPS) is 20.0. The van der Waals surface area contributed by atoms with Crippen LogP contribution in [0.2, 0.25) is 0 Å². The van der Waals surface area contributed by atoms with Crippen molar-refractivity contribution in [3.8, 4) is 0 Å². The maximum absolute atomic E-state index is 13.5. The van der Waals surface area contributed by atoms with Crippen LogP contribution in [0.5, 0.6) is 0 Å². The van der Waals surface area contributed by atoms with Gasteiger partial charge in [0.1, 0.15) is 6.10 Å². The fraction of sp³-hybridized carbons (Fsp3) is 0.361. The smallest absolute Gasteiger partial charge is 0.309 e. The van der Waals surface area contributed by atoms with Gasteiger partial charge in [-0.2, -0.15) is 0 Å². The highest BCUT2D eigenvalue weighted by Crippen LogP contribution is 2.24. The number of aliphatic hydroxyl groups is 1. The van der Waals surface area contributed by atoms with E-state index in [2.05, 4.69) is 5.32 Å². The Labute approximate surface area is 254 Å². The Balaban J connectivity index is 1.51. The minimum atomic E-state index is -0.658. The van der Waals surface area contributed by atoms with Gasteiger partial charge in [-0.05, 0) is 48.8 Å². The fourth-order valence-electron chi connectivity index (χ4n) is 5.37. The lowest BCUT2D eigenvalue weighted by Crippen LogP contribution is -2.39. The van der Waals surface area contributed by atoms with E-state index in [0.717, 1.165) is 29.5 Å². The van der Waals surface area contributed by atoms with Gasteiger partial charge in [-0.3, -0.25) is 14.4 Å². The summed E-state index contributed by atoms with van der Waals surface area (Å²) in [5.74, 6) is -1.63. The minimum Gasteiger partial charge on any atom is -0.455 e. The van der Waals surface area contributed by atoms with Crippen LogP contribution < -0.4 is 5.32 Å².